The highest BCUT2D eigenvalue weighted by atomic mass is 32.2. The van der Waals surface area contributed by atoms with E-state index in [9.17, 15) is 9.90 Å². The van der Waals surface area contributed by atoms with E-state index in [1.165, 1.54) is 6.33 Å². The van der Waals surface area contributed by atoms with Gasteiger partial charge in [-0.15, -0.1) is 11.8 Å². The maximum absolute atomic E-state index is 12.7. The summed E-state index contributed by atoms with van der Waals surface area (Å²) in [6, 6.07) is 0.208. The highest BCUT2D eigenvalue weighted by Gasteiger charge is 2.60. The molecule has 1 amide bonds. The summed E-state index contributed by atoms with van der Waals surface area (Å²) in [7, 11) is 0. The lowest BCUT2D eigenvalue weighted by Gasteiger charge is -2.38. The van der Waals surface area contributed by atoms with Crippen LogP contribution in [0.25, 0.3) is 0 Å². The molecule has 4 aliphatic rings. The van der Waals surface area contributed by atoms with Gasteiger partial charge in [-0.3, -0.25) is 4.79 Å². The molecule has 1 aromatic heterocycles. The molecule has 0 aliphatic heterocycles. The minimum Gasteiger partial charge on any atom is -0.390 e. The quantitative estimate of drug-likeness (QED) is 0.638. The zero-order valence-corrected chi connectivity index (χ0v) is 14.2. The fraction of sp³-hybridized carbons (Fsp3) is 0.706. The molecule has 2 N–H and O–H groups in total. The molecule has 4 saturated carbocycles. The molecule has 5 rings (SSSR count). The second-order valence-electron chi connectivity index (χ2n) is 7.35. The van der Waals surface area contributed by atoms with Crippen LogP contribution in [0.2, 0.25) is 0 Å². The topological polar surface area (TPSA) is 75.1 Å². The Morgan fingerprint density at radius 1 is 1.43 bits per heavy atom. The summed E-state index contributed by atoms with van der Waals surface area (Å²) >= 11 is 1.61. The van der Waals surface area contributed by atoms with E-state index in [1.54, 1.807) is 18.0 Å². The molecule has 1 aromatic rings. The van der Waals surface area contributed by atoms with Gasteiger partial charge in [0.05, 0.1) is 11.2 Å². The maximum Gasteiger partial charge on any atom is 0.255 e. The number of hydrogen-bond acceptors (Lipinski definition) is 5. The van der Waals surface area contributed by atoms with Crippen LogP contribution in [0.1, 0.15) is 49.4 Å². The van der Waals surface area contributed by atoms with Crippen LogP contribution in [0.3, 0.4) is 0 Å². The number of aromatic nitrogens is 2. The third-order valence-corrected chi connectivity index (χ3v) is 6.95. The molecule has 124 valence electrons. The van der Waals surface area contributed by atoms with Gasteiger partial charge >= 0.3 is 0 Å². The first kappa shape index (κ1) is 15.4. The fourth-order valence-electron chi connectivity index (χ4n) is 5.00. The van der Waals surface area contributed by atoms with Crippen LogP contribution in [-0.4, -0.2) is 38.4 Å². The lowest BCUT2D eigenvalue weighted by molar-refractivity contribution is -0.0192. The first-order valence-corrected chi connectivity index (χ1v) is 9.54. The van der Waals surface area contributed by atoms with Gasteiger partial charge in [-0.2, -0.15) is 0 Å². The van der Waals surface area contributed by atoms with Crippen molar-refractivity contribution in [1.82, 2.24) is 15.3 Å². The minimum atomic E-state index is -0.447. The van der Waals surface area contributed by atoms with Crippen molar-refractivity contribution in [2.24, 2.45) is 17.8 Å². The van der Waals surface area contributed by atoms with E-state index in [-0.39, 0.29) is 11.9 Å². The molecule has 5 atom stereocenters. The van der Waals surface area contributed by atoms with E-state index in [2.05, 4.69) is 22.2 Å². The number of rotatable bonds is 5. The number of nitrogens with one attached hydrogen (secondary N) is 1. The van der Waals surface area contributed by atoms with Gasteiger partial charge in [0, 0.05) is 12.2 Å². The Balaban J connectivity index is 1.49. The molecule has 0 aromatic carbocycles. The average molecular weight is 333 g/mol. The van der Waals surface area contributed by atoms with Crippen LogP contribution in [0.15, 0.2) is 17.6 Å². The van der Waals surface area contributed by atoms with Crippen LogP contribution in [0, 0.1) is 17.8 Å². The van der Waals surface area contributed by atoms with E-state index in [0.717, 1.165) is 42.9 Å². The molecule has 23 heavy (non-hydrogen) atoms. The van der Waals surface area contributed by atoms with Crippen LogP contribution in [0.4, 0.5) is 0 Å². The van der Waals surface area contributed by atoms with Gasteiger partial charge < -0.3 is 10.4 Å². The van der Waals surface area contributed by atoms with Gasteiger partial charge in [-0.05, 0) is 55.6 Å². The molecule has 4 fully saturated rings. The Kier molecular flexibility index (Phi) is 3.84. The largest absolute Gasteiger partial charge is 0.390 e. The van der Waals surface area contributed by atoms with E-state index in [0.29, 0.717) is 23.3 Å². The van der Waals surface area contributed by atoms with Gasteiger partial charge in [0.2, 0.25) is 0 Å². The van der Waals surface area contributed by atoms with Gasteiger partial charge in [0.25, 0.3) is 5.91 Å². The van der Waals surface area contributed by atoms with Crippen LogP contribution in [0.5, 0.6) is 0 Å². The third-order valence-electron chi connectivity index (χ3n) is 5.74. The Hall–Kier alpha value is -1.14. The lowest BCUT2D eigenvalue weighted by atomic mass is 9.76. The summed E-state index contributed by atoms with van der Waals surface area (Å²) in [5.74, 6) is 2.35. The Morgan fingerprint density at radius 2 is 2.26 bits per heavy atom. The second kappa shape index (κ2) is 5.74. The maximum atomic E-state index is 12.7. The first-order chi connectivity index (χ1) is 11.1. The van der Waals surface area contributed by atoms with E-state index >= 15 is 0 Å². The molecule has 4 aliphatic carbocycles. The summed E-state index contributed by atoms with van der Waals surface area (Å²) in [6.45, 7) is 2.12. The zero-order valence-electron chi connectivity index (χ0n) is 13.4. The predicted octanol–water partition coefficient (Wildman–Crippen LogP) is 2.26. The fourth-order valence-corrected chi connectivity index (χ4v) is 5.82. The monoisotopic (exact) mass is 333 g/mol. The molecular formula is C17H23N3O2S. The van der Waals surface area contributed by atoms with Gasteiger partial charge in [0.15, 0.2) is 0 Å². The van der Waals surface area contributed by atoms with Crippen molar-refractivity contribution < 1.29 is 9.90 Å². The number of aliphatic hydroxyl groups is 1. The molecule has 0 spiro atoms. The zero-order chi connectivity index (χ0) is 16.0. The highest BCUT2D eigenvalue weighted by molar-refractivity contribution is 7.99. The molecular weight excluding hydrogens is 310 g/mol. The van der Waals surface area contributed by atoms with E-state index in [4.69, 9.17) is 0 Å². The predicted molar refractivity (Wildman–Crippen MR) is 88.2 cm³/mol. The number of nitrogens with zero attached hydrogens (tertiary/aromatic N) is 2. The molecule has 0 radical (unpaired) electrons. The second-order valence-corrected chi connectivity index (χ2v) is 8.43. The minimum absolute atomic E-state index is 0.0582. The van der Waals surface area contributed by atoms with Crippen LogP contribution >= 0.6 is 11.8 Å². The lowest BCUT2D eigenvalue weighted by Crippen LogP contribution is -2.48. The smallest absolute Gasteiger partial charge is 0.255 e. The van der Waals surface area contributed by atoms with Gasteiger partial charge in [0.1, 0.15) is 11.4 Å². The molecule has 6 heteroatoms. The van der Waals surface area contributed by atoms with Crippen molar-refractivity contribution in [3.63, 3.8) is 0 Å². The summed E-state index contributed by atoms with van der Waals surface area (Å²) in [5, 5.41) is 14.5. The third kappa shape index (κ3) is 2.66. The summed E-state index contributed by atoms with van der Waals surface area (Å²) in [4.78, 5) is 21.0. The van der Waals surface area contributed by atoms with Gasteiger partial charge in [-0.1, -0.05) is 6.92 Å². The molecule has 0 saturated heterocycles. The van der Waals surface area contributed by atoms with Gasteiger partial charge in [-0.25, -0.2) is 9.97 Å². The number of thioether (sulfide) groups is 1. The Labute approximate surface area is 140 Å². The number of amides is 1. The van der Waals surface area contributed by atoms with Crippen molar-refractivity contribution in [2.75, 3.05) is 5.75 Å². The molecule has 1 unspecified atom stereocenters. The van der Waals surface area contributed by atoms with E-state index in [1.807, 2.05) is 0 Å². The number of hydrogen-bond donors (Lipinski definition) is 2. The number of carbonyl (C=O) groups is 1. The van der Waals surface area contributed by atoms with Crippen molar-refractivity contribution >= 4 is 17.7 Å². The summed E-state index contributed by atoms with van der Waals surface area (Å²) in [6.07, 6.45) is 7.94. The molecule has 4 bridgehead atoms. The van der Waals surface area contributed by atoms with Crippen LogP contribution < -0.4 is 5.32 Å². The Morgan fingerprint density at radius 3 is 3.04 bits per heavy atom. The van der Waals surface area contributed by atoms with Crippen LogP contribution in [-0.2, 0) is 0 Å². The SMILES string of the molecule is CCCSc1ncncc1C(=O)N[C@@H]1[C@@H]2CC3C[C@@](O)(C2)C[C@H]31. The standard InChI is InChI=1S/C17H23N3O2S/c1-2-3-23-16-13(8-18-9-19-16)15(21)20-14-11-4-10-5-17(22,6-11)7-12(10)14/h8-12,14,22H,2-7H2,1H3,(H,20,21)/t10?,11-,12-,14-,17-/m1/s1. The average Bonchev–Trinajstić information content (AvgIpc) is 2.91. The number of carbonyl (C=O) groups excluding carboxylic acids is 1. The van der Waals surface area contributed by atoms with Crippen molar-refractivity contribution in [3.05, 3.63) is 18.1 Å². The normalized spacial score (nSPS) is 37.3. The van der Waals surface area contributed by atoms with Crippen molar-refractivity contribution in [3.8, 4) is 0 Å². The van der Waals surface area contributed by atoms with E-state index < -0.39 is 5.60 Å². The van der Waals surface area contributed by atoms with Crippen molar-refractivity contribution in [2.45, 2.75) is 55.7 Å². The molecule has 5 nitrogen and oxygen atoms in total. The highest BCUT2D eigenvalue weighted by Crippen LogP contribution is 2.59. The first-order valence-electron chi connectivity index (χ1n) is 8.56. The van der Waals surface area contributed by atoms with Crippen molar-refractivity contribution in [1.29, 1.82) is 0 Å². The summed E-state index contributed by atoms with van der Waals surface area (Å²) < 4.78 is 0. The Bertz CT molecular complexity index is 622. The molecule has 1 heterocycles. The summed E-state index contributed by atoms with van der Waals surface area (Å²) in [5.41, 5.74) is 0.138.